The van der Waals surface area contributed by atoms with Gasteiger partial charge >= 0.3 is 0 Å². The molecule has 0 saturated heterocycles. The molecular weight excluding hydrogens is 286 g/mol. The van der Waals surface area contributed by atoms with E-state index in [1.807, 2.05) is 0 Å². The van der Waals surface area contributed by atoms with E-state index in [4.69, 9.17) is 22.7 Å². The lowest BCUT2D eigenvalue weighted by Gasteiger charge is -2.32. The zero-order valence-corrected chi connectivity index (χ0v) is 12.6. The standard InChI is InChI=1S/C13H22F2N2O2S/c1-19-9-8-17(7-4-11(16)20)12(18)10-2-5-13(14,15)6-3-10/h10H,2-9H2,1H3,(H2,16,20). The number of rotatable bonds is 7. The van der Waals surface area contributed by atoms with Gasteiger partial charge in [-0.25, -0.2) is 8.78 Å². The van der Waals surface area contributed by atoms with Crippen molar-refractivity contribution in [3.63, 3.8) is 0 Å². The van der Waals surface area contributed by atoms with E-state index in [2.05, 4.69) is 0 Å². The molecular formula is C13H22F2N2O2S. The Balaban J connectivity index is 2.55. The highest BCUT2D eigenvalue weighted by Gasteiger charge is 2.38. The van der Waals surface area contributed by atoms with Crippen molar-refractivity contribution in [2.75, 3.05) is 26.8 Å². The van der Waals surface area contributed by atoms with Gasteiger partial charge in [0.25, 0.3) is 0 Å². The van der Waals surface area contributed by atoms with Crippen molar-refractivity contribution in [3.8, 4) is 0 Å². The van der Waals surface area contributed by atoms with E-state index in [1.165, 1.54) is 0 Å². The summed E-state index contributed by atoms with van der Waals surface area (Å²) in [5.74, 6) is -3.03. The number of hydrogen-bond acceptors (Lipinski definition) is 3. The number of nitrogens with two attached hydrogens (primary N) is 1. The maximum Gasteiger partial charge on any atom is 0.248 e. The highest BCUT2D eigenvalue weighted by atomic mass is 32.1. The van der Waals surface area contributed by atoms with Gasteiger partial charge in [-0.2, -0.15) is 0 Å². The first-order valence-corrected chi connectivity index (χ1v) is 7.20. The molecule has 1 aliphatic rings. The lowest BCUT2D eigenvalue weighted by atomic mass is 9.86. The normalized spacial score (nSPS) is 18.8. The quantitative estimate of drug-likeness (QED) is 0.731. The highest BCUT2D eigenvalue weighted by Crippen LogP contribution is 2.36. The molecule has 1 aliphatic carbocycles. The van der Waals surface area contributed by atoms with E-state index >= 15 is 0 Å². The van der Waals surface area contributed by atoms with Gasteiger partial charge < -0.3 is 15.4 Å². The van der Waals surface area contributed by atoms with Gasteiger partial charge in [0.2, 0.25) is 11.8 Å². The molecule has 0 spiro atoms. The molecule has 20 heavy (non-hydrogen) atoms. The smallest absolute Gasteiger partial charge is 0.248 e. The Morgan fingerprint density at radius 1 is 1.40 bits per heavy atom. The summed E-state index contributed by atoms with van der Waals surface area (Å²) in [5, 5.41) is 0. The Morgan fingerprint density at radius 3 is 2.50 bits per heavy atom. The maximum absolute atomic E-state index is 13.1. The molecule has 0 bridgehead atoms. The Hall–Kier alpha value is -0.820. The lowest BCUT2D eigenvalue weighted by Crippen LogP contribution is -2.42. The highest BCUT2D eigenvalue weighted by molar-refractivity contribution is 7.80. The minimum absolute atomic E-state index is 0.0891. The molecule has 1 rings (SSSR count). The topological polar surface area (TPSA) is 55.6 Å². The van der Waals surface area contributed by atoms with Crippen LogP contribution in [-0.2, 0) is 9.53 Å². The molecule has 0 radical (unpaired) electrons. The fourth-order valence-corrected chi connectivity index (χ4v) is 2.42. The molecule has 1 amide bonds. The summed E-state index contributed by atoms with van der Waals surface area (Å²) in [4.78, 5) is 14.3. The second-order valence-electron chi connectivity index (χ2n) is 5.16. The third-order valence-electron chi connectivity index (χ3n) is 3.57. The minimum atomic E-state index is -2.62. The van der Waals surface area contributed by atoms with Crippen LogP contribution in [0.15, 0.2) is 0 Å². The van der Waals surface area contributed by atoms with Crippen LogP contribution in [0.5, 0.6) is 0 Å². The zero-order chi connectivity index (χ0) is 15.2. The molecule has 0 aliphatic heterocycles. The predicted molar refractivity (Wildman–Crippen MR) is 76.8 cm³/mol. The van der Waals surface area contributed by atoms with Crippen molar-refractivity contribution in [2.24, 2.45) is 11.7 Å². The third-order valence-corrected chi connectivity index (χ3v) is 3.78. The molecule has 0 aromatic heterocycles. The van der Waals surface area contributed by atoms with Gasteiger partial charge in [-0.3, -0.25) is 4.79 Å². The summed E-state index contributed by atoms with van der Waals surface area (Å²) < 4.78 is 31.2. The number of methoxy groups -OCH3 is 1. The van der Waals surface area contributed by atoms with Crippen molar-refractivity contribution in [1.29, 1.82) is 0 Å². The summed E-state index contributed by atoms with van der Waals surface area (Å²) in [7, 11) is 1.55. The molecule has 0 unspecified atom stereocenters. The summed E-state index contributed by atoms with van der Waals surface area (Å²) in [6.07, 6.45) is 0.492. The van der Waals surface area contributed by atoms with Gasteiger partial charge in [-0.1, -0.05) is 12.2 Å². The van der Waals surface area contributed by atoms with Crippen LogP contribution in [0.3, 0.4) is 0 Å². The number of hydrogen-bond donors (Lipinski definition) is 1. The van der Waals surface area contributed by atoms with E-state index in [0.717, 1.165) is 0 Å². The van der Waals surface area contributed by atoms with Crippen LogP contribution in [0.4, 0.5) is 8.78 Å². The molecule has 0 atom stereocenters. The first-order chi connectivity index (χ1) is 9.35. The number of carbonyl (C=O) groups excluding carboxylic acids is 1. The SMILES string of the molecule is COCCN(CCC(N)=S)C(=O)C1CCC(F)(F)CC1. The molecule has 0 aromatic carbocycles. The van der Waals surface area contributed by atoms with Crippen LogP contribution < -0.4 is 5.73 Å². The summed E-state index contributed by atoms with van der Waals surface area (Å²) in [6.45, 7) is 1.27. The summed E-state index contributed by atoms with van der Waals surface area (Å²) in [5.41, 5.74) is 5.45. The van der Waals surface area contributed by atoms with Crippen molar-refractivity contribution in [1.82, 2.24) is 4.90 Å². The van der Waals surface area contributed by atoms with Crippen LogP contribution >= 0.6 is 12.2 Å². The largest absolute Gasteiger partial charge is 0.393 e. The molecule has 0 heterocycles. The van der Waals surface area contributed by atoms with E-state index in [1.54, 1.807) is 12.0 Å². The second kappa shape index (κ2) is 7.83. The molecule has 116 valence electrons. The van der Waals surface area contributed by atoms with Crippen LogP contribution in [0, 0.1) is 5.92 Å². The van der Waals surface area contributed by atoms with Gasteiger partial charge in [-0.05, 0) is 12.8 Å². The number of ether oxygens (including phenoxy) is 1. The minimum Gasteiger partial charge on any atom is -0.393 e. The monoisotopic (exact) mass is 308 g/mol. The molecule has 0 aromatic rings. The second-order valence-corrected chi connectivity index (χ2v) is 5.69. The number of alkyl halides is 2. The van der Waals surface area contributed by atoms with Crippen molar-refractivity contribution in [3.05, 3.63) is 0 Å². The molecule has 4 nitrogen and oxygen atoms in total. The fourth-order valence-electron chi connectivity index (χ4n) is 2.32. The van der Waals surface area contributed by atoms with Gasteiger partial charge in [0, 0.05) is 45.4 Å². The first kappa shape index (κ1) is 17.2. The fraction of sp³-hybridized carbons (Fsp3) is 0.846. The number of carbonyl (C=O) groups is 1. The first-order valence-electron chi connectivity index (χ1n) is 6.79. The van der Waals surface area contributed by atoms with E-state index in [9.17, 15) is 13.6 Å². The third kappa shape index (κ3) is 5.66. The Labute approximate surface area is 123 Å². The number of amides is 1. The maximum atomic E-state index is 13.1. The van der Waals surface area contributed by atoms with Crippen molar-refractivity contribution >= 4 is 23.1 Å². The average molecular weight is 308 g/mol. The molecule has 7 heteroatoms. The molecule has 2 N–H and O–H groups in total. The number of thiocarbonyl (C=S) groups is 1. The van der Waals surface area contributed by atoms with E-state index in [-0.39, 0.29) is 37.5 Å². The number of halogens is 2. The Morgan fingerprint density at radius 2 is 2.00 bits per heavy atom. The lowest BCUT2D eigenvalue weighted by molar-refractivity contribution is -0.140. The Kier molecular flexibility index (Phi) is 6.75. The number of nitrogens with zero attached hydrogens (tertiary/aromatic N) is 1. The van der Waals surface area contributed by atoms with Crippen molar-refractivity contribution < 1.29 is 18.3 Å². The van der Waals surface area contributed by atoms with Gasteiger partial charge in [0.05, 0.1) is 11.6 Å². The average Bonchev–Trinajstić information content (AvgIpc) is 2.38. The van der Waals surface area contributed by atoms with E-state index < -0.39 is 5.92 Å². The van der Waals surface area contributed by atoms with Gasteiger partial charge in [-0.15, -0.1) is 0 Å². The molecule has 1 fully saturated rings. The molecule has 1 saturated carbocycles. The van der Waals surface area contributed by atoms with Gasteiger partial charge in [0.15, 0.2) is 0 Å². The summed E-state index contributed by atoms with van der Waals surface area (Å²) in [6, 6.07) is 0. The summed E-state index contributed by atoms with van der Waals surface area (Å²) >= 11 is 4.81. The van der Waals surface area contributed by atoms with Crippen LogP contribution in [0.1, 0.15) is 32.1 Å². The van der Waals surface area contributed by atoms with Crippen LogP contribution in [-0.4, -0.2) is 48.5 Å². The van der Waals surface area contributed by atoms with E-state index in [0.29, 0.717) is 31.1 Å². The Bertz CT molecular complexity index is 343. The van der Waals surface area contributed by atoms with Crippen LogP contribution in [0.2, 0.25) is 0 Å². The van der Waals surface area contributed by atoms with Gasteiger partial charge in [0.1, 0.15) is 0 Å². The predicted octanol–water partition coefficient (Wildman–Crippen LogP) is 1.96. The zero-order valence-electron chi connectivity index (χ0n) is 11.7. The van der Waals surface area contributed by atoms with Crippen molar-refractivity contribution in [2.45, 2.75) is 38.0 Å². The van der Waals surface area contributed by atoms with Crippen LogP contribution in [0.25, 0.3) is 0 Å².